The summed E-state index contributed by atoms with van der Waals surface area (Å²) in [6, 6.07) is 33.3. The highest BCUT2D eigenvalue weighted by Gasteiger charge is 2.42. The molecule has 0 bridgehead atoms. The van der Waals surface area contributed by atoms with Gasteiger partial charge < -0.3 is 8.91 Å². The highest BCUT2D eigenvalue weighted by Crippen LogP contribution is 2.17. The molecule has 0 heterocycles. The Morgan fingerprint density at radius 3 is 1.00 bits per heavy atom. The Balaban J connectivity index is 1.63. The number of hydrogen-bond donors (Lipinski definition) is 0. The first-order valence-corrected chi connectivity index (χ1v) is 22.2. The Hall–Kier alpha value is -2.20. The molecule has 0 saturated carbocycles. The van der Waals surface area contributed by atoms with E-state index in [0.29, 0.717) is 0 Å². The van der Waals surface area contributed by atoms with Crippen LogP contribution < -0.4 is 15.6 Å². The van der Waals surface area contributed by atoms with Crippen molar-refractivity contribution in [3.8, 4) is 0 Å². The van der Waals surface area contributed by atoms with E-state index in [1.807, 2.05) is 0 Å². The maximum absolute atomic E-state index is 7.41. The van der Waals surface area contributed by atoms with Gasteiger partial charge in [0.05, 0.1) is 26.7 Å². The summed E-state index contributed by atoms with van der Waals surface area (Å²) in [6.45, 7) is 9.03. The summed E-state index contributed by atoms with van der Waals surface area (Å²) in [7, 11) is -0.135. The molecule has 0 atom stereocenters. The highest BCUT2D eigenvalue weighted by molar-refractivity contribution is 7.07. The smallest absolute Gasteiger partial charge is 0.288 e. The summed E-state index contributed by atoms with van der Waals surface area (Å²) in [6.07, 6.45) is 28.0. The van der Waals surface area contributed by atoms with E-state index in [1.165, 1.54) is 157 Å². The van der Waals surface area contributed by atoms with Gasteiger partial charge in [0.25, 0.3) is 8.32 Å². The van der Waals surface area contributed by atoms with E-state index in [1.54, 1.807) is 0 Å². The minimum atomic E-state index is -2.66. The van der Waals surface area contributed by atoms with Crippen molar-refractivity contribution in [2.24, 2.45) is 0 Å². The number of rotatable bonds is 29. The average molecular weight is 671 g/mol. The summed E-state index contributed by atoms with van der Waals surface area (Å²) in [5.41, 5.74) is 0. The Bertz CT molecular complexity index is 1030. The third kappa shape index (κ3) is 14.7. The van der Waals surface area contributed by atoms with Gasteiger partial charge in [-0.1, -0.05) is 208 Å². The quantitative estimate of drug-likeness (QED) is 0.0309. The Morgan fingerprint density at radius 1 is 0.396 bits per heavy atom. The van der Waals surface area contributed by atoms with Gasteiger partial charge >= 0.3 is 0 Å². The molecule has 3 heteroatoms. The average Bonchev–Trinajstić information content (AvgIpc) is 3.13. The summed E-state index contributed by atoms with van der Waals surface area (Å²) < 4.78 is 8.54. The van der Waals surface area contributed by atoms with Crippen molar-refractivity contribution in [1.82, 2.24) is 0 Å². The maximum Gasteiger partial charge on any atom is 0.288 e. The molecule has 0 fully saturated rings. The lowest BCUT2D eigenvalue weighted by molar-refractivity contribution is -0.910. The van der Waals surface area contributed by atoms with Gasteiger partial charge in [-0.2, -0.15) is 0 Å². The van der Waals surface area contributed by atoms with Gasteiger partial charge in [-0.25, -0.2) is 0 Å². The van der Waals surface area contributed by atoms with Crippen molar-refractivity contribution in [1.29, 1.82) is 0 Å². The van der Waals surface area contributed by atoms with E-state index in [2.05, 4.69) is 112 Å². The molecule has 48 heavy (non-hydrogen) atoms. The van der Waals surface area contributed by atoms with Crippen LogP contribution in [0.5, 0.6) is 0 Å². The summed E-state index contributed by atoms with van der Waals surface area (Å²) >= 11 is 0. The van der Waals surface area contributed by atoms with Gasteiger partial charge in [0.2, 0.25) is 0 Å². The van der Waals surface area contributed by atoms with Crippen LogP contribution in [0.15, 0.2) is 91.0 Å². The van der Waals surface area contributed by atoms with Crippen molar-refractivity contribution in [2.45, 2.75) is 142 Å². The highest BCUT2D eigenvalue weighted by atomic mass is 28.4. The fourth-order valence-electron chi connectivity index (χ4n) is 7.49. The number of quaternary nitrogens is 1. The molecule has 0 unspecified atom stereocenters. The molecule has 0 amide bonds. The first-order chi connectivity index (χ1) is 23.6. The van der Waals surface area contributed by atoms with Crippen molar-refractivity contribution < 1.29 is 8.91 Å². The standard InChI is InChI=1S/C45H72NOSi/c1-4-6-8-10-12-14-16-18-20-31-39-46(3,40-32-21-19-17-15-13-11-9-7-5-2)41-42-47-48(43-33-25-22-26-34-43,44-35-27-23-28-36-44)45-37-29-24-30-38-45/h22-30,33-38H,4-21,31-32,39-42H2,1-3H3/q+1. The predicted molar refractivity (Wildman–Crippen MR) is 214 cm³/mol. The summed E-state index contributed by atoms with van der Waals surface area (Å²) in [5.74, 6) is 0. The summed E-state index contributed by atoms with van der Waals surface area (Å²) in [4.78, 5) is 0. The molecule has 2 nitrogen and oxygen atoms in total. The number of nitrogens with zero attached hydrogens (tertiary/aromatic N) is 1. The molecule has 0 aliphatic carbocycles. The molecular formula is C45H72NOSi+. The molecule has 0 aromatic heterocycles. The lowest BCUT2D eigenvalue weighted by Crippen LogP contribution is -2.70. The lowest BCUT2D eigenvalue weighted by atomic mass is 10.1. The first kappa shape index (κ1) is 40.2. The van der Waals surface area contributed by atoms with Gasteiger partial charge in [-0.05, 0) is 41.2 Å². The van der Waals surface area contributed by atoms with Crippen LogP contribution in [-0.4, -0.2) is 46.1 Å². The van der Waals surface area contributed by atoms with E-state index >= 15 is 0 Å². The third-order valence-corrected chi connectivity index (χ3v) is 14.7. The molecule has 266 valence electrons. The van der Waals surface area contributed by atoms with Gasteiger partial charge in [0.1, 0.15) is 6.54 Å². The molecular weight excluding hydrogens is 599 g/mol. The molecule has 0 spiro atoms. The van der Waals surface area contributed by atoms with E-state index in [9.17, 15) is 0 Å². The molecule has 0 N–H and O–H groups in total. The monoisotopic (exact) mass is 671 g/mol. The fourth-order valence-corrected chi connectivity index (χ4v) is 11.4. The van der Waals surface area contributed by atoms with Crippen LogP contribution in [-0.2, 0) is 4.43 Å². The van der Waals surface area contributed by atoms with Crippen molar-refractivity contribution in [3.63, 3.8) is 0 Å². The van der Waals surface area contributed by atoms with Gasteiger partial charge in [0, 0.05) is 0 Å². The minimum Gasteiger partial charge on any atom is -0.398 e. The second-order valence-electron chi connectivity index (χ2n) is 14.8. The van der Waals surface area contributed by atoms with E-state index < -0.39 is 8.32 Å². The molecule has 0 aliphatic rings. The largest absolute Gasteiger partial charge is 0.398 e. The van der Waals surface area contributed by atoms with Crippen molar-refractivity contribution in [2.75, 3.05) is 33.3 Å². The Morgan fingerprint density at radius 2 is 0.688 bits per heavy atom. The number of benzene rings is 3. The van der Waals surface area contributed by atoms with Crippen molar-refractivity contribution >= 4 is 23.9 Å². The SMILES string of the molecule is CCCCCCCCCCCC[N+](C)(CCCCCCCCCCCC)CCO[Si](c1ccccc1)(c1ccccc1)c1ccccc1. The number of hydrogen-bond acceptors (Lipinski definition) is 1. The second kappa shape index (κ2) is 24.9. The van der Waals surface area contributed by atoms with Crippen LogP contribution in [0.2, 0.25) is 0 Å². The van der Waals surface area contributed by atoms with Crippen LogP contribution in [0, 0.1) is 0 Å². The van der Waals surface area contributed by atoms with Gasteiger partial charge in [-0.3, -0.25) is 0 Å². The number of unbranched alkanes of at least 4 members (excludes halogenated alkanes) is 18. The Labute approximate surface area is 298 Å². The topological polar surface area (TPSA) is 9.23 Å². The molecule has 0 saturated heterocycles. The zero-order valence-corrected chi connectivity index (χ0v) is 32.5. The third-order valence-electron chi connectivity index (χ3n) is 10.6. The van der Waals surface area contributed by atoms with Crippen LogP contribution in [0.25, 0.3) is 0 Å². The second-order valence-corrected chi connectivity index (χ2v) is 18.2. The number of likely N-dealkylation sites (N-methyl/N-ethyl adjacent to an activating group) is 1. The molecule has 3 aromatic rings. The normalized spacial score (nSPS) is 12.1. The van der Waals surface area contributed by atoms with Crippen molar-refractivity contribution in [3.05, 3.63) is 91.0 Å². The van der Waals surface area contributed by atoms with Gasteiger partial charge in [0.15, 0.2) is 0 Å². The fraction of sp³-hybridized carbons (Fsp3) is 0.600. The van der Waals surface area contributed by atoms with Crippen LogP contribution in [0.1, 0.15) is 142 Å². The first-order valence-electron chi connectivity index (χ1n) is 20.3. The molecule has 3 aromatic carbocycles. The van der Waals surface area contributed by atoms with Crippen LogP contribution in [0.3, 0.4) is 0 Å². The lowest BCUT2D eigenvalue weighted by Gasteiger charge is -2.38. The van der Waals surface area contributed by atoms with E-state index in [0.717, 1.165) is 17.6 Å². The summed E-state index contributed by atoms with van der Waals surface area (Å²) in [5, 5.41) is 4.00. The minimum absolute atomic E-state index is 0.789. The molecule has 3 rings (SSSR count). The van der Waals surface area contributed by atoms with Gasteiger partial charge in [-0.15, -0.1) is 0 Å². The van der Waals surface area contributed by atoms with Crippen LogP contribution >= 0.6 is 0 Å². The molecule has 0 aliphatic heterocycles. The molecule has 0 radical (unpaired) electrons. The zero-order chi connectivity index (χ0) is 34.0. The Kier molecular flexibility index (Phi) is 20.8. The zero-order valence-electron chi connectivity index (χ0n) is 31.5. The van der Waals surface area contributed by atoms with Crippen LogP contribution in [0.4, 0.5) is 0 Å². The predicted octanol–water partition coefficient (Wildman–Crippen LogP) is 11.0. The van der Waals surface area contributed by atoms with E-state index in [-0.39, 0.29) is 0 Å². The van der Waals surface area contributed by atoms with E-state index in [4.69, 9.17) is 4.43 Å². The maximum atomic E-state index is 7.41.